The maximum Gasteiger partial charge on any atom is 0.134 e. The van der Waals surface area contributed by atoms with Crippen molar-refractivity contribution in [1.82, 2.24) is 0 Å². The van der Waals surface area contributed by atoms with Crippen LogP contribution < -0.4 is 5.73 Å². The zero-order chi connectivity index (χ0) is 13.8. The minimum absolute atomic E-state index is 0.228. The normalized spacial score (nSPS) is 18.4. The highest BCUT2D eigenvalue weighted by Crippen LogP contribution is 2.30. The van der Waals surface area contributed by atoms with Gasteiger partial charge in [0.2, 0.25) is 0 Å². The van der Waals surface area contributed by atoms with E-state index in [9.17, 15) is 13.2 Å². The summed E-state index contributed by atoms with van der Waals surface area (Å²) in [5.41, 5.74) is 6.59. The molecule has 1 aromatic carbocycles. The second-order valence-electron chi connectivity index (χ2n) is 4.99. The van der Waals surface area contributed by atoms with E-state index in [1.165, 1.54) is 6.42 Å². The molecule has 0 amide bonds. The number of halogens is 3. The van der Waals surface area contributed by atoms with Crippen molar-refractivity contribution < 1.29 is 13.2 Å². The molecule has 0 aromatic heterocycles. The van der Waals surface area contributed by atoms with Gasteiger partial charge in [0.05, 0.1) is 6.04 Å². The van der Waals surface area contributed by atoms with Crippen LogP contribution in [-0.2, 0) is 0 Å². The minimum atomic E-state index is -0.919. The fourth-order valence-corrected chi connectivity index (χ4v) is 2.53. The second-order valence-corrected chi connectivity index (χ2v) is 4.99. The SMILES string of the molecule is NC(C1=CCCCCCC1)c1c(F)cc(F)cc1F. The van der Waals surface area contributed by atoms with E-state index in [2.05, 4.69) is 0 Å². The van der Waals surface area contributed by atoms with Crippen LogP contribution in [0.2, 0.25) is 0 Å². The molecule has 4 heteroatoms. The highest BCUT2D eigenvalue weighted by molar-refractivity contribution is 5.31. The van der Waals surface area contributed by atoms with E-state index in [4.69, 9.17) is 5.73 Å². The minimum Gasteiger partial charge on any atom is -0.320 e. The maximum atomic E-state index is 13.7. The van der Waals surface area contributed by atoms with Gasteiger partial charge in [-0.05, 0) is 25.7 Å². The molecule has 0 spiro atoms. The van der Waals surface area contributed by atoms with Gasteiger partial charge in [-0.1, -0.05) is 24.5 Å². The topological polar surface area (TPSA) is 26.0 Å². The molecule has 0 bridgehead atoms. The van der Waals surface area contributed by atoms with Gasteiger partial charge in [0.15, 0.2) is 0 Å². The molecule has 19 heavy (non-hydrogen) atoms. The van der Waals surface area contributed by atoms with Crippen LogP contribution >= 0.6 is 0 Å². The molecule has 0 heterocycles. The molecule has 1 unspecified atom stereocenters. The fraction of sp³-hybridized carbons (Fsp3) is 0.467. The summed E-state index contributed by atoms with van der Waals surface area (Å²) in [4.78, 5) is 0. The Bertz CT molecular complexity index is 459. The van der Waals surface area contributed by atoms with Crippen LogP contribution in [-0.4, -0.2) is 0 Å². The number of hydrogen-bond donors (Lipinski definition) is 1. The standard InChI is InChI=1S/C15H18F3N/c16-11-8-12(17)14(13(18)9-11)15(19)10-6-4-2-1-3-5-7-10/h6,8-9,15H,1-5,7,19H2. The van der Waals surface area contributed by atoms with Crippen LogP contribution in [0.25, 0.3) is 0 Å². The summed E-state index contributed by atoms with van der Waals surface area (Å²) in [5.74, 6) is -2.74. The Balaban J connectivity index is 2.30. The van der Waals surface area contributed by atoms with E-state index in [0.29, 0.717) is 12.1 Å². The van der Waals surface area contributed by atoms with Crippen LogP contribution in [0.3, 0.4) is 0 Å². The lowest BCUT2D eigenvalue weighted by Gasteiger charge is -2.20. The van der Waals surface area contributed by atoms with Gasteiger partial charge in [-0.2, -0.15) is 0 Å². The Morgan fingerprint density at radius 1 is 0.947 bits per heavy atom. The molecule has 1 aliphatic carbocycles. The average Bonchev–Trinajstić information content (AvgIpc) is 2.26. The van der Waals surface area contributed by atoms with Crippen LogP contribution in [0, 0.1) is 17.5 Å². The smallest absolute Gasteiger partial charge is 0.134 e. The highest BCUT2D eigenvalue weighted by Gasteiger charge is 2.21. The van der Waals surface area contributed by atoms with Gasteiger partial charge in [-0.25, -0.2) is 13.2 Å². The molecule has 0 saturated carbocycles. The lowest BCUT2D eigenvalue weighted by molar-refractivity contribution is 0.507. The van der Waals surface area contributed by atoms with E-state index < -0.39 is 23.5 Å². The van der Waals surface area contributed by atoms with Gasteiger partial charge in [-0.15, -0.1) is 0 Å². The molecule has 0 saturated heterocycles. The predicted molar refractivity (Wildman–Crippen MR) is 69.0 cm³/mol. The predicted octanol–water partition coefficient (Wildman–Crippen LogP) is 4.38. The van der Waals surface area contributed by atoms with E-state index in [1.807, 2.05) is 6.08 Å². The van der Waals surface area contributed by atoms with Crippen molar-refractivity contribution in [3.05, 3.63) is 46.8 Å². The number of hydrogen-bond acceptors (Lipinski definition) is 1. The molecule has 1 atom stereocenters. The molecule has 2 N–H and O–H groups in total. The molecule has 0 aliphatic heterocycles. The molecule has 0 radical (unpaired) electrons. The number of nitrogens with two attached hydrogens (primary N) is 1. The molecule has 1 nitrogen and oxygen atoms in total. The largest absolute Gasteiger partial charge is 0.320 e. The van der Waals surface area contributed by atoms with Gasteiger partial charge in [0.1, 0.15) is 17.5 Å². The molecular weight excluding hydrogens is 251 g/mol. The first-order valence-electron chi connectivity index (χ1n) is 6.68. The second kappa shape index (κ2) is 6.24. The van der Waals surface area contributed by atoms with Crippen molar-refractivity contribution >= 4 is 0 Å². The molecule has 1 aliphatic rings. The van der Waals surface area contributed by atoms with Crippen molar-refractivity contribution in [1.29, 1.82) is 0 Å². The summed E-state index contributed by atoms with van der Waals surface area (Å²) in [6, 6.07) is 0.544. The Kier molecular flexibility index (Phi) is 4.64. The zero-order valence-corrected chi connectivity index (χ0v) is 10.8. The number of rotatable bonds is 2. The third kappa shape index (κ3) is 3.38. The highest BCUT2D eigenvalue weighted by atomic mass is 19.1. The monoisotopic (exact) mass is 269 g/mol. The Morgan fingerprint density at radius 3 is 2.26 bits per heavy atom. The first-order valence-corrected chi connectivity index (χ1v) is 6.68. The summed E-state index contributed by atoms with van der Waals surface area (Å²) in [6.07, 6.45) is 7.95. The van der Waals surface area contributed by atoms with Crippen molar-refractivity contribution in [3.63, 3.8) is 0 Å². The van der Waals surface area contributed by atoms with Crippen molar-refractivity contribution in [2.75, 3.05) is 0 Å². The van der Waals surface area contributed by atoms with Crippen LogP contribution in [0.4, 0.5) is 13.2 Å². The van der Waals surface area contributed by atoms with Crippen LogP contribution in [0.5, 0.6) is 0 Å². The maximum absolute atomic E-state index is 13.7. The van der Waals surface area contributed by atoms with Crippen molar-refractivity contribution in [3.8, 4) is 0 Å². The first-order chi connectivity index (χ1) is 9.09. The van der Waals surface area contributed by atoms with Gasteiger partial charge >= 0.3 is 0 Å². The lowest BCUT2D eigenvalue weighted by Crippen LogP contribution is -2.18. The summed E-state index contributed by atoms with van der Waals surface area (Å²) >= 11 is 0. The summed E-state index contributed by atoms with van der Waals surface area (Å²) < 4.78 is 40.3. The van der Waals surface area contributed by atoms with E-state index >= 15 is 0 Å². The Hall–Kier alpha value is -1.29. The Labute approximate surface area is 111 Å². The summed E-state index contributed by atoms with van der Waals surface area (Å²) in [6.45, 7) is 0. The fourth-order valence-electron chi connectivity index (χ4n) is 2.53. The quantitative estimate of drug-likeness (QED) is 0.792. The molecule has 0 fully saturated rings. The third-order valence-corrected chi connectivity index (χ3v) is 3.58. The Morgan fingerprint density at radius 2 is 1.58 bits per heavy atom. The van der Waals surface area contributed by atoms with E-state index in [-0.39, 0.29) is 5.56 Å². The zero-order valence-electron chi connectivity index (χ0n) is 10.8. The van der Waals surface area contributed by atoms with E-state index in [1.54, 1.807) is 0 Å². The van der Waals surface area contributed by atoms with Crippen LogP contribution in [0.1, 0.15) is 50.1 Å². The average molecular weight is 269 g/mol. The number of benzene rings is 1. The molecule has 1 aromatic rings. The van der Waals surface area contributed by atoms with Crippen molar-refractivity contribution in [2.24, 2.45) is 5.73 Å². The summed E-state index contributed by atoms with van der Waals surface area (Å²) in [7, 11) is 0. The first kappa shape index (κ1) is 14.1. The van der Waals surface area contributed by atoms with Gasteiger partial charge in [0, 0.05) is 17.7 Å². The summed E-state index contributed by atoms with van der Waals surface area (Å²) in [5, 5.41) is 0. The lowest BCUT2D eigenvalue weighted by atomic mass is 9.91. The number of allylic oxidation sites excluding steroid dienone is 1. The molecule has 104 valence electrons. The van der Waals surface area contributed by atoms with Gasteiger partial charge in [0.25, 0.3) is 0 Å². The van der Waals surface area contributed by atoms with Crippen LogP contribution in [0.15, 0.2) is 23.8 Å². The van der Waals surface area contributed by atoms with Gasteiger partial charge in [-0.3, -0.25) is 0 Å². The molecular formula is C15H18F3N. The van der Waals surface area contributed by atoms with Crippen molar-refractivity contribution in [2.45, 2.75) is 44.6 Å². The van der Waals surface area contributed by atoms with E-state index in [0.717, 1.165) is 37.7 Å². The third-order valence-electron chi connectivity index (χ3n) is 3.58. The van der Waals surface area contributed by atoms with Gasteiger partial charge < -0.3 is 5.73 Å². The molecule has 2 rings (SSSR count).